The SMILES string of the molecule is ClOCl.Clc1ccc([O][W]([O]c2ccc(Cl)cc2)[O]c2ccc(Cl)cc2)cc1. The molecule has 0 saturated heterocycles. The Kier molecular flexibility index (Phi) is 10.6. The summed E-state index contributed by atoms with van der Waals surface area (Å²) in [5.74, 6) is 1.92. The van der Waals surface area contributed by atoms with E-state index in [9.17, 15) is 0 Å². The molecule has 4 nitrogen and oxygen atoms in total. The molecule has 0 bridgehead atoms. The topological polar surface area (TPSA) is 36.9 Å². The van der Waals surface area contributed by atoms with E-state index in [0.29, 0.717) is 32.3 Å². The van der Waals surface area contributed by atoms with Crippen molar-refractivity contribution in [3.05, 3.63) is 87.9 Å². The van der Waals surface area contributed by atoms with Crippen LogP contribution in [-0.2, 0) is 22.3 Å². The van der Waals surface area contributed by atoms with Crippen LogP contribution in [0, 0.1) is 0 Å². The van der Waals surface area contributed by atoms with Crippen molar-refractivity contribution < 1.29 is 32.5 Å². The fraction of sp³-hybridized carbons (Fsp3) is 0. The zero-order chi connectivity index (χ0) is 20.4. The number of halogens is 5. The molecular formula is C18H12Cl5O4W. The van der Waals surface area contributed by atoms with Gasteiger partial charge in [-0.1, -0.05) is 0 Å². The maximum absolute atomic E-state index is 5.96. The van der Waals surface area contributed by atoms with Gasteiger partial charge in [0.15, 0.2) is 0 Å². The van der Waals surface area contributed by atoms with Crippen LogP contribution in [0.25, 0.3) is 0 Å². The molecule has 0 unspecified atom stereocenters. The molecule has 0 aliphatic rings. The number of rotatable bonds is 6. The molecule has 0 saturated carbocycles. The van der Waals surface area contributed by atoms with E-state index in [1.54, 1.807) is 72.8 Å². The van der Waals surface area contributed by atoms with E-state index in [1.165, 1.54) is 0 Å². The molecule has 0 atom stereocenters. The fourth-order valence-electron chi connectivity index (χ4n) is 1.76. The molecule has 0 heterocycles. The normalized spacial score (nSPS) is 10.1. The summed E-state index contributed by atoms with van der Waals surface area (Å²) < 4.78 is 21.1. The van der Waals surface area contributed by atoms with Crippen LogP contribution in [0.1, 0.15) is 0 Å². The number of benzene rings is 3. The van der Waals surface area contributed by atoms with E-state index in [0.717, 1.165) is 0 Å². The first-order valence-corrected chi connectivity index (χ1v) is 12.8. The van der Waals surface area contributed by atoms with E-state index >= 15 is 0 Å². The zero-order valence-electron chi connectivity index (χ0n) is 13.9. The van der Waals surface area contributed by atoms with E-state index in [1.807, 2.05) is 0 Å². The first-order valence-electron chi connectivity index (χ1n) is 7.45. The van der Waals surface area contributed by atoms with Crippen LogP contribution in [0.15, 0.2) is 72.8 Å². The summed E-state index contributed by atoms with van der Waals surface area (Å²) in [6.45, 7) is 0. The molecular weight excluding hydrogens is 641 g/mol. The number of hydrogen-bond donors (Lipinski definition) is 0. The van der Waals surface area contributed by atoms with Gasteiger partial charge < -0.3 is 0 Å². The Hall–Kier alpha value is -0.842. The molecule has 0 radical (unpaired) electrons. The van der Waals surface area contributed by atoms with Gasteiger partial charge in [0, 0.05) is 0 Å². The predicted octanol–water partition coefficient (Wildman–Crippen LogP) is 7.86. The van der Waals surface area contributed by atoms with Gasteiger partial charge in [-0.2, -0.15) is 3.84 Å². The Balaban J connectivity index is 0.000000878. The van der Waals surface area contributed by atoms with Gasteiger partial charge in [-0.15, -0.1) is 0 Å². The van der Waals surface area contributed by atoms with Gasteiger partial charge in [0.1, 0.15) is 0 Å². The van der Waals surface area contributed by atoms with Crippen molar-refractivity contribution in [2.45, 2.75) is 0 Å². The van der Waals surface area contributed by atoms with Crippen LogP contribution in [0.4, 0.5) is 0 Å². The molecule has 0 amide bonds. The molecule has 149 valence electrons. The van der Waals surface area contributed by atoms with E-state index in [-0.39, 0.29) is 0 Å². The summed E-state index contributed by atoms with van der Waals surface area (Å²) in [4.78, 5) is 0. The van der Waals surface area contributed by atoms with Gasteiger partial charge in [-0.05, 0) is 0 Å². The van der Waals surface area contributed by atoms with Crippen LogP contribution < -0.4 is 10.2 Å². The summed E-state index contributed by atoms with van der Waals surface area (Å²) in [5.41, 5.74) is 0. The van der Waals surface area contributed by atoms with E-state index in [4.69, 9.17) is 45.0 Å². The van der Waals surface area contributed by atoms with Crippen LogP contribution in [0.5, 0.6) is 17.2 Å². The van der Waals surface area contributed by atoms with Crippen LogP contribution in [0.2, 0.25) is 15.1 Å². The Morgan fingerprint density at radius 1 is 0.464 bits per heavy atom. The van der Waals surface area contributed by atoms with Crippen molar-refractivity contribution in [2.75, 3.05) is 0 Å². The molecule has 28 heavy (non-hydrogen) atoms. The monoisotopic (exact) mass is 651 g/mol. The minimum absolute atomic E-state index is 0.634. The van der Waals surface area contributed by atoms with E-state index in [2.05, 4.69) is 27.6 Å². The van der Waals surface area contributed by atoms with Gasteiger partial charge in [-0.25, -0.2) is 0 Å². The van der Waals surface area contributed by atoms with Gasteiger partial charge in [0.25, 0.3) is 0 Å². The Labute approximate surface area is 195 Å². The maximum atomic E-state index is 5.96. The van der Waals surface area contributed by atoms with Gasteiger partial charge in [0.05, 0.1) is 23.7 Å². The molecule has 0 N–H and O–H groups in total. The molecule has 0 aliphatic carbocycles. The first kappa shape index (κ1) is 23.4. The standard InChI is InChI=1S/3C6H5ClO.Cl2O.W/c3*7-5-1-3-6(8)4-2-5;1-3-2;/h3*1-4,8H;;/q;;;;+3/p-3. The molecule has 0 fully saturated rings. The van der Waals surface area contributed by atoms with Crippen molar-refractivity contribution in [2.24, 2.45) is 0 Å². The van der Waals surface area contributed by atoms with Crippen molar-refractivity contribution in [3.63, 3.8) is 0 Å². The van der Waals surface area contributed by atoms with Gasteiger partial charge >= 0.3 is 169 Å². The Bertz CT molecular complexity index is 719. The van der Waals surface area contributed by atoms with E-state index < -0.39 is 18.5 Å². The molecule has 0 aliphatic heterocycles. The van der Waals surface area contributed by atoms with Crippen molar-refractivity contribution in [1.82, 2.24) is 0 Å². The molecule has 0 aromatic heterocycles. The van der Waals surface area contributed by atoms with Crippen LogP contribution >= 0.6 is 58.5 Å². The summed E-state index contributed by atoms with van der Waals surface area (Å²) in [6.07, 6.45) is 0. The second-order valence-corrected chi connectivity index (χ2v) is 9.91. The molecule has 0 spiro atoms. The fourth-order valence-corrected chi connectivity index (χ4v) is 5.39. The first-order chi connectivity index (χ1) is 13.5. The Morgan fingerprint density at radius 3 is 0.893 bits per heavy atom. The number of hydrogen-bond acceptors (Lipinski definition) is 4. The zero-order valence-corrected chi connectivity index (χ0v) is 20.6. The summed E-state index contributed by atoms with van der Waals surface area (Å²) >= 11 is 23.0. The average molecular weight is 653 g/mol. The molecule has 3 aromatic carbocycles. The van der Waals surface area contributed by atoms with Crippen molar-refractivity contribution >= 4 is 58.5 Å². The third-order valence-corrected chi connectivity index (χ3v) is 7.23. The minimum atomic E-state index is -3.22. The van der Waals surface area contributed by atoms with Gasteiger partial charge in [0.2, 0.25) is 0 Å². The average Bonchev–Trinajstić information content (AvgIpc) is 2.68. The molecule has 10 heteroatoms. The predicted molar refractivity (Wildman–Crippen MR) is 109 cm³/mol. The van der Waals surface area contributed by atoms with Crippen molar-refractivity contribution in [3.8, 4) is 17.2 Å². The van der Waals surface area contributed by atoms with Crippen LogP contribution in [-0.4, -0.2) is 0 Å². The van der Waals surface area contributed by atoms with Crippen molar-refractivity contribution in [1.29, 1.82) is 0 Å². The second kappa shape index (κ2) is 12.7. The molecule has 3 rings (SSSR count). The summed E-state index contributed by atoms with van der Waals surface area (Å²) in [7, 11) is 0. The van der Waals surface area contributed by atoms with Crippen LogP contribution in [0.3, 0.4) is 0 Å². The summed E-state index contributed by atoms with van der Waals surface area (Å²) in [6, 6.07) is 21.2. The quantitative estimate of drug-likeness (QED) is 0.272. The second-order valence-electron chi connectivity index (χ2n) is 4.87. The van der Waals surface area contributed by atoms with Gasteiger partial charge in [-0.3, -0.25) is 0 Å². The summed E-state index contributed by atoms with van der Waals surface area (Å²) in [5, 5.41) is 1.90. The molecule has 3 aromatic rings. The Morgan fingerprint density at radius 2 is 0.679 bits per heavy atom. The third kappa shape index (κ3) is 8.67. The third-order valence-electron chi connectivity index (χ3n) is 2.93.